The zero-order valence-electron chi connectivity index (χ0n) is 23.3. The van der Waals surface area contributed by atoms with Gasteiger partial charge >= 0.3 is 0 Å². The van der Waals surface area contributed by atoms with E-state index < -0.39 is 0 Å². The van der Waals surface area contributed by atoms with Crippen LogP contribution in [0.25, 0.3) is 12.2 Å². The van der Waals surface area contributed by atoms with E-state index in [1.54, 1.807) is 14.2 Å². The molecule has 0 saturated heterocycles. The molecular weight excluding hydrogens is 686 g/mol. The fourth-order valence-electron chi connectivity index (χ4n) is 3.87. The lowest BCUT2D eigenvalue weighted by Crippen LogP contribution is -2.14. The molecular formula is C32H38I2O3. The second-order valence-electron chi connectivity index (χ2n) is 11.0. The molecule has 198 valence electrons. The smallest absolute Gasteiger partial charge is 0.153 e. The zero-order chi connectivity index (χ0) is 28.0. The first-order chi connectivity index (χ1) is 17.2. The first kappa shape index (κ1) is 31.3. The summed E-state index contributed by atoms with van der Waals surface area (Å²) in [5.74, 6) is 1.66. The SMILES string of the molecule is COc1c(/C=C/c2ccc(C)cc2)cc(I)cc1C(C)(C)C.COc1c(C=O)cc(I)cc1C(C)(C)C. The number of ether oxygens (including phenoxy) is 2. The molecule has 0 saturated carbocycles. The van der Waals surface area contributed by atoms with E-state index in [-0.39, 0.29) is 10.8 Å². The van der Waals surface area contributed by atoms with Crippen LogP contribution in [0.3, 0.4) is 0 Å². The second kappa shape index (κ2) is 13.3. The molecule has 0 aliphatic carbocycles. The van der Waals surface area contributed by atoms with Gasteiger partial charge in [0.15, 0.2) is 6.29 Å². The third kappa shape index (κ3) is 8.84. The van der Waals surface area contributed by atoms with Crippen molar-refractivity contribution in [2.45, 2.75) is 59.3 Å². The number of benzene rings is 3. The van der Waals surface area contributed by atoms with Crippen LogP contribution in [0.15, 0.2) is 48.5 Å². The number of hydrogen-bond donors (Lipinski definition) is 0. The number of rotatable bonds is 5. The number of aryl methyl sites for hydroxylation is 1. The number of carbonyl (C=O) groups is 1. The lowest BCUT2D eigenvalue weighted by Gasteiger charge is -2.24. The van der Waals surface area contributed by atoms with Crippen LogP contribution in [0.5, 0.6) is 11.5 Å². The van der Waals surface area contributed by atoms with E-state index in [1.165, 1.54) is 20.3 Å². The summed E-state index contributed by atoms with van der Waals surface area (Å²) in [7, 11) is 3.35. The molecule has 0 fully saturated rings. The van der Waals surface area contributed by atoms with Crippen LogP contribution < -0.4 is 9.47 Å². The summed E-state index contributed by atoms with van der Waals surface area (Å²) in [6, 6.07) is 16.8. The van der Waals surface area contributed by atoms with Crippen LogP contribution in [0.4, 0.5) is 0 Å². The maximum absolute atomic E-state index is 10.9. The lowest BCUT2D eigenvalue weighted by molar-refractivity contribution is 0.112. The van der Waals surface area contributed by atoms with Crippen LogP contribution in [-0.4, -0.2) is 20.5 Å². The van der Waals surface area contributed by atoms with Crippen LogP contribution in [0.2, 0.25) is 0 Å². The van der Waals surface area contributed by atoms with Gasteiger partial charge in [-0.15, -0.1) is 0 Å². The van der Waals surface area contributed by atoms with E-state index >= 15 is 0 Å². The summed E-state index contributed by atoms with van der Waals surface area (Å²) >= 11 is 4.59. The number of aldehydes is 1. The Morgan fingerprint density at radius 3 is 1.51 bits per heavy atom. The Kier molecular flexibility index (Phi) is 11.2. The van der Waals surface area contributed by atoms with Gasteiger partial charge in [0, 0.05) is 23.8 Å². The van der Waals surface area contributed by atoms with E-state index in [9.17, 15) is 4.79 Å². The molecule has 0 aliphatic rings. The van der Waals surface area contributed by atoms with Gasteiger partial charge in [0.1, 0.15) is 11.5 Å². The van der Waals surface area contributed by atoms with Gasteiger partial charge in [-0.2, -0.15) is 0 Å². The van der Waals surface area contributed by atoms with Crippen LogP contribution in [0.1, 0.15) is 79.7 Å². The standard InChI is InChI=1S/C20H23IO.C12H15IO2/c1-14-6-8-15(9-7-14)10-11-16-12-17(21)13-18(19(16)22-5)20(2,3)4;1-12(2,3)10-6-9(13)5-8(7-14)11(10)15-4/h6-13H,1-5H3;5-7H,1-4H3/b11-10+;. The van der Waals surface area contributed by atoms with Gasteiger partial charge in [0.25, 0.3) is 0 Å². The minimum Gasteiger partial charge on any atom is -0.496 e. The molecule has 3 aromatic carbocycles. The molecule has 0 spiro atoms. The van der Waals surface area contributed by atoms with E-state index in [2.05, 4.69) is 148 Å². The first-order valence-electron chi connectivity index (χ1n) is 12.2. The molecule has 0 unspecified atom stereocenters. The van der Waals surface area contributed by atoms with Gasteiger partial charge in [0.05, 0.1) is 19.8 Å². The Hall–Kier alpha value is -1.87. The van der Waals surface area contributed by atoms with Gasteiger partial charge in [-0.25, -0.2) is 0 Å². The summed E-state index contributed by atoms with van der Waals surface area (Å²) in [4.78, 5) is 10.9. The van der Waals surface area contributed by atoms with Crippen molar-refractivity contribution in [3.8, 4) is 11.5 Å². The molecule has 0 atom stereocenters. The molecule has 37 heavy (non-hydrogen) atoms. The first-order valence-corrected chi connectivity index (χ1v) is 14.3. The maximum Gasteiger partial charge on any atom is 0.153 e. The molecule has 0 aromatic heterocycles. The van der Waals surface area contributed by atoms with Crippen molar-refractivity contribution in [2.75, 3.05) is 14.2 Å². The van der Waals surface area contributed by atoms with Crippen LogP contribution >= 0.6 is 45.2 Å². The summed E-state index contributed by atoms with van der Waals surface area (Å²) in [5, 5.41) is 0. The number of halogens is 2. The maximum atomic E-state index is 10.9. The average Bonchev–Trinajstić information content (AvgIpc) is 2.82. The van der Waals surface area contributed by atoms with Crippen LogP contribution in [-0.2, 0) is 10.8 Å². The van der Waals surface area contributed by atoms with Crippen molar-refractivity contribution in [1.82, 2.24) is 0 Å². The summed E-state index contributed by atoms with van der Waals surface area (Å²) in [6.07, 6.45) is 5.12. The van der Waals surface area contributed by atoms with E-state index in [4.69, 9.17) is 9.47 Å². The highest BCUT2D eigenvalue weighted by atomic mass is 127. The highest BCUT2D eigenvalue weighted by molar-refractivity contribution is 14.1. The van der Waals surface area contributed by atoms with Gasteiger partial charge in [-0.1, -0.05) is 83.5 Å². The predicted octanol–water partition coefficient (Wildman–Crippen LogP) is 9.49. The molecule has 0 N–H and O–H groups in total. The zero-order valence-corrected chi connectivity index (χ0v) is 27.6. The minimum atomic E-state index is -0.0235. The summed E-state index contributed by atoms with van der Waals surface area (Å²) in [5.41, 5.74) is 6.56. The highest BCUT2D eigenvalue weighted by Gasteiger charge is 2.22. The van der Waals surface area contributed by atoms with E-state index in [0.717, 1.165) is 26.7 Å². The molecule has 3 rings (SSSR count). The molecule has 0 heterocycles. The topological polar surface area (TPSA) is 35.5 Å². The Labute approximate surface area is 250 Å². The third-order valence-corrected chi connectivity index (χ3v) is 7.09. The molecule has 0 aliphatic heterocycles. The van der Waals surface area contributed by atoms with Crippen molar-refractivity contribution in [3.63, 3.8) is 0 Å². The summed E-state index contributed by atoms with van der Waals surface area (Å²) in [6.45, 7) is 15.1. The Bertz CT molecular complexity index is 1240. The van der Waals surface area contributed by atoms with Crippen LogP contribution in [0, 0.1) is 14.1 Å². The van der Waals surface area contributed by atoms with Crippen molar-refractivity contribution in [3.05, 3.63) is 89.1 Å². The van der Waals surface area contributed by atoms with Crippen molar-refractivity contribution in [1.29, 1.82) is 0 Å². The second-order valence-corrected chi connectivity index (χ2v) is 13.5. The monoisotopic (exact) mass is 724 g/mol. The fraction of sp³-hybridized carbons (Fsp3) is 0.344. The molecule has 3 aromatic rings. The Balaban J connectivity index is 0.000000281. The fourth-order valence-corrected chi connectivity index (χ4v) is 5.17. The Morgan fingerprint density at radius 1 is 0.676 bits per heavy atom. The number of hydrogen-bond acceptors (Lipinski definition) is 3. The largest absolute Gasteiger partial charge is 0.496 e. The van der Waals surface area contributed by atoms with E-state index in [0.29, 0.717) is 11.3 Å². The molecule has 0 radical (unpaired) electrons. The average molecular weight is 724 g/mol. The van der Waals surface area contributed by atoms with Crippen molar-refractivity contribution >= 4 is 63.6 Å². The van der Waals surface area contributed by atoms with E-state index in [1.807, 2.05) is 6.07 Å². The minimum absolute atomic E-state index is 0.0235. The van der Waals surface area contributed by atoms with Crippen molar-refractivity contribution < 1.29 is 14.3 Å². The van der Waals surface area contributed by atoms with Gasteiger partial charge in [0.2, 0.25) is 0 Å². The normalized spacial score (nSPS) is 11.6. The van der Waals surface area contributed by atoms with Gasteiger partial charge < -0.3 is 9.47 Å². The third-order valence-electron chi connectivity index (χ3n) is 5.85. The predicted molar refractivity (Wildman–Crippen MR) is 174 cm³/mol. The molecule has 0 amide bonds. The molecule has 0 bridgehead atoms. The quantitative estimate of drug-likeness (QED) is 0.150. The number of methoxy groups -OCH3 is 2. The van der Waals surface area contributed by atoms with Crippen molar-refractivity contribution in [2.24, 2.45) is 0 Å². The number of carbonyl (C=O) groups excluding carboxylic acids is 1. The van der Waals surface area contributed by atoms with Gasteiger partial charge in [-0.05, 0) is 92.8 Å². The Morgan fingerprint density at radius 2 is 1.11 bits per heavy atom. The molecule has 3 nitrogen and oxygen atoms in total. The summed E-state index contributed by atoms with van der Waals surface area (Å²) < 4.78 is 13.3. The van der Waals surface area contributed by atoms with Gasteiger partial charge in [-0.3, -0.25) is 4.79 Å². The highest BCUT2D eigenvalue weighted by Crippen LogP contribution is 2.37. The molecule has 5 heteroatoms. The lowest BCUT2D eigenvalue weighted by atomic mass is 9.85.